The van der Waals surface area contributed by atoms with E-state index in [1.807, 2.05) is 11.8 Å². The Balaban J connectivity index is 1.47. The van der Waals surface area contributed by atoms with Crippen LogP contribution in [0.1, 0.15) is 32.6 Å². The first-order valence-corrected chi connectivity index (χ1v) is 9.72. The zero-order chi connectivity index (χ0) is 17.6. The van der Waals surface area contributed by atoms with Crippen molar-refractivity contribution in [3.05, 3.63) is 22.7 Å². The Morgan fingerprint density at radius 2 is 2.24 bits per heavy atom. The number of halogens is 2. The van der Waals surface area contributed by atoms with E-state index in [4.69, 9.17) is 0 Å². The Hall–Kier alpha value is -1.25. The van der Waals surface area contributed by atoms with Gasteiger partial charge in [0.1, 0.15) is 4.60 Å². The van der Waals surface area contributed by atoms with E-state index in [0.717, 1.165) is 6.42 Å². The van der Waals surface area contributed by atoms with Gasteiger partial charge in [0.15, 0.2) is 5.82 Å². The molecule has 4 atom stereocenters. The molecule has 3 aliphatic rings. The minimum atomic E-state index is -0.546. The van der Waals surface area contributed by atoms with Crippen LogP contribution in [0.3, 0.4) is 0 Å². The van der Waals surface area contributed by atoms with E-state index in [-0.39, 0.29) is 22.4 Å². The van der Waals surface area contributed by atoms with Crippen LogP contribution in [0.15, 0.2) is 16.9 Å². The van der Waals surface area contributed by atoms with Crippen LogP contribution in [-0.4, -0.2) is 40.6 Å². The topological polar surface area (TPSA) is 69.3 Å². The van der Waals surface area contributed by atoms with Gasteiger partial charge in [0.2, 0.25) is 0 Å². The highest BCUT2D eigenvalue weighted by Crippen LogP contribution is 2.38. The molecule has 3 fully saturated rings. The van der Waals surface area contributed by atoms with Crippen molar-refractivity contribution in [2.24, 2.45) is 11.8 Å². The number of hydrazine groups is 1. The van der Waals surface area contributed by atoms with Crippen molar-refractivity contribution in [3.8, 4) is 0 Å². The van der Waals surface area contributed by atoms with Crippen molar-refractivity contribution in [3.63, 3.8) is 0 Å². The predicted octanol–water partition coefficient (Wildman–Crippen LogP) is 2.87. The number of hydrogen-bond acceptors (Lipinski definition) is 4. The van der Waals surface area contributed by atoms with Crippen LogP contribution in [-0.2, 0) is 0 Å². The van der Waals surface area contributed by atoms with Crippen molar-refractivity contribution in [2.45, 2.75) is 50.7 Å². The molecule has 0 aromatic carbocycles. The van der Waals surface area contributed by atoms with E-state index >= 15 is 0 Å². The second-order valence-corrected chi connectivity index (χ2v) is 8.16. The molecule has 1 aliphatic carbocycles. The van der Waals surface area contributed by atoms with Crippen LogP contribution in [0.4, 0.5) is 14.9 Å². The average molecular weight is 412 g/mol. The number of urea groups is 1. The third-order valence-corrected chi connectivity index (χ3v) is 6.51. The van der Waals surface area contributed by atoms with Gasteiger partial charge in [-0.25, -0.2) is 14.2 Å². The average Bonchev–Trinajstić information content (AvgIpc) is 2.92. The van der Waals surface area contributed by atoms with E-state index in [0.29, 0.717) is 30.5 Å². The third kappa shape index (κ3) is 3.15. The Kier molecular flexibility index (Phi) is 4.68. The van der Waals surface area contributed by atoms with Crippen LogP contribution in [0.25, 0.3) is 0 Å². The lowest BCUT2D eigenvalue weighted by Crippen LogP contribution is -2.55. The number of carbonyl (C=O) groups is 1. The van der Waals surface area contributed by atoms with Gasteiger partial charge in [0, 0.05) is 36.8 Å². The van der Waals surface area contributed by atoms with Crippen molar-refractivity contribution >= 4 is 27.6 Å². The lowest BCUT2D eigenvalue weighted by molar-refractivity contribution is 0.108. The van der Waals surface area contributed by atoms with Gasteiger partial charge in [-0.2, -0.15) is 0 Å². The lowest BCUT2D eigenvalue weighted by atomic mass is 9.72. The molecule has 4 unspecified atom stereocenters. The normalized spacial score (nSPS) is 32.2. The molecule has 2 aliphatic heterocycles. The standard InChI is InChI=1S/C17H23BrFN5O/c1-9-7-13-11(15(23-22-13)10-3-2-4-10)8-24(9)17(25)21-12-5-6-20-16(18)14(12)19/h5-6,9-11,13,15,22-23H,2-4,7-8H2,1H3,(H,20,21,25). The fourth-order valence-electron chi connectivity index (χ4n) is 4.30. The molecule has 136 valence electrons. The van der Waals surface area contributed by atoms with Gasteiger partial charge in [-0.15, -0.1) is 0 Å². The second kappa shape index (κ2) is 6.81. The number of aromatic nitrogens is 1. The number of piperidine rings is 1. The maximum atomic E-state index is 14.1. The lowest BCUT2D eigenvalue weighted by Gasteiger charge is -2.43. The Labute approximate surface area is 155 Å². The van der Waals surface area contributed by atoms with E-state index in [1.54, 1.807) is 0 Å². The molecule has 3 N–H and O–H groups in total. The number of hydrogen-bond donors (Lipinski definition) is 3. The van der Waals surface area contributed by atoms with Gasteiger partial charge in [-0.05, 0) is 54.1 Å². The summed E-state index contributed by atoms with van der Waals surface area (Å²) in [5, 5.41) is 2.70. The van der Waals surface area contributed by atoms with E-state index < -0.39 is 5.82 Å². The van der Waals surface area contributed by atoms with Gasteiger partial charge in [0.25, 0.3) is 0 Å². The summed E-state index contributed by atoms with van der Waals surface area (Å²) in [4.78, 5) is 18.4. The van der Waals surface area contributed by atoms with E-state index in [2.05, 4.69) is 37.1 Å². The first-order chi connectivity index (χ1) is 12.0. The summed E-state index contributed by atoms with van der Waals surface area (Å²) in [5.41, 5.74) is 7.05. The maximum absolute atomic E-state index is 14.1. The summed E-state index contributed by atoms with van der Waals surface area (Å²) in [6, 6.07) is 2.15. The monoisotopic (exact) mass is 411 g/mol. The molecule has 1 saturated carbocycles. The molecular weight excluding hydrogens is 389 g/mol. The molecule has 0 radical (unpaired) electrons. The van der Waals surface area contributed by atoms with Gasteiger partial charge < -0.3 is 10.2 Å². The molecule has 4 rings (SSSR count). The molecule has 0 bridgehead atoms. The minimum Gasteiger partial charge on any atom is -0.321 e. The van der Waals surface area contributed by atoms with Crippen LogP contribution < -0.4 is 16.2 Å². The maximum Gasteiger partial charge on any atom is 0.322 e. The highest BCUT2D eigenvalue weighted by Gasteiger charge is 2.47. The zero-order valence-corrected chi connectivity index (χ0v) is 15.7. The van der Waals surface area contributed by atoms with Crippen LogP contribution in [0.2, 0.25) is 0 Å². The number of nitrogens with zero attached hydrogens (tertiary/aromatic N) is 2. The summed E-state index contributed by atoms with van der Waals surface area (Å²) in [6.07, 6.45) is 6.20. The molecule has 3 heterocycles. The first kappa shape index (κ1) is 17.2. The Bertz CT molecular complexity index is 670. The highest BCUT2D eigenvalue weighted by atomic mass is 79.9. The molecule has 0 spiro atoms. The van der Waals surface area contributed by atoms with Crippen molar-refractivity contribution in [1.29, 1.82) is 0 Å². The molecular formula is C17H23BrFN5O. The van der Waals surface area contributed by atoms with Crippen LogP contribution >= 0.6 is 15.9 Å². The fourth-order valence-corrected chi connectivity index (χ4v) is 4.63. The molecule has 1 aromatic rings. The third-order valence-electron chi connectivity index (χ3n) is 5.95. The second-order valence-electron chi connectivity index (χ2n) is 7.41. The van der Waals surface area contributed by atoms with Crippen LogP contribution in [0.5, 0.6) is 0 Å². The Morgan fingerprint density at radius 3 is 2.96 bits per heavy atom. The predicted molar refractivity (Wildman–Crippen MR) is 96.4 cm³/mol. The fraction of sp³-hybridized carbons (Fsp3) is 0.647. The quantitative estimate of drug-likeness (QED) is 0.654. The summed E-state index contributed by atoms with van der Waals surface area (Å²) < 4.78 is 14.2. The van der Waals surface area contributed by atoms with Gasteiger partial charge >= 0.3 is 6.03 Å². The largest absolute Gasteiger partial charge is 0.322 e. The number of nitrogens with one attached hydrogen (secondary N) is 3. The van der Waals surface area contributed by atoms with Crippen molar-refractivity contribution < 1.29 is 9.18 Å². The molecule has 2 saturated heterocycles. The highest BCUT2D eigenvalue weighted by molar-refractivity contribution is 9.10. The first-order valence-electron chi connectivity index (χ1n) is 8.93. The van der Waals surface area contributed by atoms with E-state index in [9.17, 15) is 9.18 Å². The summed E-state index contributed by atoms with van der Waals surface area (Å²) in [6.45, 7) is 2.74. The molecule has 1 aromatic heterocycles. The molecule has 2 amide bonds. The molecule has 25 heavy (non-hydrogen) atoms. The number of likely N-dealkylation sites (tertiary alicyclic amines) is 1. The molecule has 8 heteroatoms. The van der Waals surface area contributed by atoms with Gasteiger partial charge in [-0.1, -0.05) is 6.42 Å². The SMILES string of the molecule is CC1CC2NNC(C3CCC3)C2CN1C(=O)Nc1ccnc(Br)c1F. The Morgan fingerprint density at radius 1 is 1.44 bits per heavy atom. The number of rotatable bonds is 2. The minimum absolute atomic E-state index is 0.101. The van der Waals surface area contributed by atoms with Gasteiger partial charge in [0.05, 0.1) is 5.69 Å². The zero-order valence-electron chi connectivity index (χ0n) is 14.1. The van der Waals surface area contributed by atoms with E-state index in [1.165, 1.54) is 31.5 Å². The number of carbonyl (C=O) groups excluding carboxylic acids is 1. The van der Waals surface area contributed by atoms with Crippen molar-refractivity contribution in [2.75, 3.05) is 11.9 Å². The summed E-state index contributed by atoms with van der Waals surface area (Å²) >= 11 is 3.05. The van der Waals surface area contributed by atoms with Gasteiger partial charge in [-0.3, -0.25) is 10.9 Å². The number of pyridine rings is 1. The van der Waals surface area contributed by atoms with Crippen molar-refractivity contribution in [1.82, 2.24) is 20.7 Å². The number of anilines is 1. The number of amides is 2. The summed E-state index contributed by atoms with van der Waals surface area (Å²) in [5.74, 6) is 0.561. The number of fused-ring (bicyclic) bond motifs is 1. The van der Waals surface area contributed by atoms with Crippen LogP contribution in [0, 0.1) is 17.7 Å². The summed E-state index contributed by atoms with van der Waals surface area (Å²) in [7, 11) is 0. The smallest absolute Gasteiger partial charge is 0.321 e. The molecule has 6 nitrogen and oxygen atoms in total.